The van der Waals surface area contributed by atoms with E-state index >= 15 is 0 Å². The minimum atomic E-state index is -0.492. The van der Waals surface area contributed by atoms with Crippen molar-refractivity contribution in [1.29, 1.82) is 0 Å². The van der Waals surface area contributed by atoms with Crippen molar-refractivity contribution in [2.75, 3.05) is 26.7 Å². The SMILES string of the molecule is CN=C(NCCCN(C(=O)OC(C)(C)C)C(C)C)NCCc1ccc(Cl)nc1. The second-order valence-corrected chi connectivity index (χ2v) is 8.17. The third-order valence-electron chi connectivity index (χ3n) is 3.84. The molecule has 0 radical (unpaired) electrons. The van der Waals surface area contributed by atoms with Crippen molar-refractivity contribution in [2.24, 2.45) is 4.99 Å². The third-order valence-corrected chi connectivity index (χ3v) is 4.06. The first-order valence-corrected chi connectivity index (χ1v) is 10.0. The number of amides is 1. The molecule has 0 aromatic carbocycles. The number of hydrogen-bond donors (Lipinski definition) is 2. The molecule has 0 aliphatic carbocycles. The van der Waals surface area contributed by atoms with E-state index in [9.17, 15) is 4.79 Å². The van der Waals surface area contributed by atoms with E-state index in [1.54, 1.807) is 24.2 Å². The van der Waals surface area contributed by atoms with Crippen LogP contribution in [0.4, 0.5) is 4.79 Å². The molecule has 0 saturated heterocycles. The molecule has 0 aliphatic rings. The van der Waals surface area contributed by atoms with Gasteiger partial charge in [0.05, 0.1) is 0 Å². The van der Waals surface area contributed by atoms with Crippen LogP contribution in [0.25, 0.3) is 0 Å². The first kappa shape index (κ1) is 24.0. The smallest absolute Gasteiger partial charge is 0.410 e. The Hall–Kier alpha value is -2.02. The zero-order valence-corrected chi connectivity index (χ0v) is 18.6. The largest absolute Gasteiger partial charge is 0.444 e. The quantitative estimate of drug-likeness (QED) is 0.296. The molecular formula is C20H34ClN5O2. The number of aliphatic imine (C=N–C) groups is 1. The monoisotopic (exact) mass is 411 g/mol. The molecule has 158 valence electrons. The lowest BCUT2D eigenvalue weighted by Crippen LogP contribution is -2.43. The van der Waals surface area contributed by atoms with Crippen LogP contribution in [0.15, 0.2) is 23.3 Å². The number of halogens is 1. The van der Waals surface area contributed by atoms with Gasteiger partial charge in [0.25, 0.3) is 0 Å². The van der Waals surface area contributed by atoms with Gasteiger partial charge in [0.2, 0.25) is 0 Å². The van der Waals surface area contributed by atoms with E-state index in [0.717, 1.165) is 30.9 Å². The van der Waals surface area contributed by atoms with Gasteiger partial charge in [-0.25, -0.2) is 9.78 Å². The predicted octanol–water partition coefficient (Wildman–Crippen LogP) is 3.48. The molecule has 0 bridgehead atoms. The van der Waals surface area contributed by atoms with Gasteiger partial charge in [0, 0.05) is 38.9 Å². The maximum Gasteiger partial charge on any atom is 0.410 e. The van der Waals surface area contributed by atoms with Crippen molar-refractivity contribution in [3.05, 3.63) is 29.0 Å². The molecule has 0 atom stereocenters. The minimum Gasteiger partial charge on any atom is -0.444 e. The number of ether oxygens (including phenoxy) is 1. The first-order chi connectivity index (χ1) is 13.1. The molecule has 28 heavy (non-hydrogen) atoms. The van der Waals surface area contributed by atoms with E-state index < -0.39 is 5.60 Å². The Kier molecular flexibility index (Phi) is 10.1. The van der Waals surface area contributed by atoms with Crippen LogP contribution in [0, 0.1) is 0 Å². The number of nitrogens with zero attached hydrogens (tertiary/aromatic N) is 3. The van der Waals surface area contributed by atoms with E-state index in [-0.39, 0.29) is 12.1 Å². The molecule has 0 aliphatic heterocycles. The van der Waals surface area contributed by atoms with E-state index in [2.05, 4.69) is 20.6 Å². The van der Waals surface area contributed by atoms with E-state index in [1.807, 2.05) is 40.7 Å². The summed E-state index contributed by atoms with van der Waals surface area (Å²) in [6, 6.07) is 3.83. The summed E-state index contributed by atoms with van der Waals surface area (Å²) < 4.78 is 5.48. The van der Waals surface area contributed by atoms with Gasteiger partial charge in [0.1, 0.15) is 10.8 Å². The van der Waals surface area contributed by atoms with Crippen LogP contribution >= 0.6 is 11.6 Å². The number of pyridine rings is 1. The van der Waals surface area contributed by atoms with E-state index in [4.69, 9.17) is 16.3 Å². The van der Waals surface area contributed by atoms with Crippen molar-refractivity contribution in [3.8, 4) is 0 Å². The molecule has 0 fully saturated rings. The lowest BCUT2D eigenvalue weighted by Gasteiger charge is -2.30. The second kappa shape index (κ2) is 11.7. The summed E-state index contributed by atoms with van der Waals surface area (Å²) in [7, 11) is 1.74. The van der Waals surface area contributed by atoms with Crippen LogP contribution in [0.5, 0.6) is 0 Å². The number of aromatic nitrogens is 1. The Labute approximate surface area is 173 Å². The summed E-state index contributed by atoms with van der Waals surface area (Å²) in [5.41, 5.74) is 0.617. The molecule has 0 spiro atoms. The molecule has 0 saturated carbocycles. The second-order valence-electron chi connectivity index (χ2n) is 7.79. The van der Waals surface area contributed by atoms with Crippen molar-refractivity contribution < 1.29 is 9.53 Å². The highest BCUT2D eigenvalue weighted by atomic mass is 35.5. The number of hydrogen-bond acceptors (Lipinski definition) is 4. The summed E-state index contributed by atoms with van der Waals surface area (Å²) in [6.07, 6.45) is 3.11. The highest BCUT2D eigenvalue weighted by Crippen LogP contribution is 2.12. The maximum atomic E-state index is 12.3. The molecule has 1 aromatic heterocycles. The Bertz CT molecular complexity index is 626. The van der Waals surface area contributed by atoms with Crippen molar-refractivity contribution in [1.82, 2.24) is 20.5 Å². The number of nitrogens with one attached hydrogen (secondary N) is 2. The van der Waals surface area contributed by atoms with Gasteiger partial charge < -0.3 is 20.3 Å². The predicted molar refractivity (Wildman–Crippen MR) is 115 cm³/mol. The topological polar surface area (TPSA) is 78.9 Å². The molecule has 7 nitrogen and oxygen atoms in total. The molecule has 2 N–H and O–H groups in total. The fourth-order valence-electron chi connectivity index (χ4n) is 2.44. The lowest BCUT2D eigenvalue weighted by atomic mass is 10.2. The van der Waals surface area contributed by atoms with Crippen molar-refractivity contribution in [3.63, 3.8) is 0 Å². The maximum absolute atomic E-state index is 12.3. The summed E-state index contributed by atoms with van der Waals surface area (Å²) in [4.78, 5) is 22.4. The van der Waals surface area contributed by atoms with Crippen LogP contribution in [-0.4, -0.2) is 60.3 Å². The average Bonchev–Trinajstić information content (AvgIpc) is 2.59. The van der Waals surface area contributed by atoms with Gasteiger partial charge in [-0.15, -0.1) is 0 Å². The number of guanidine groups is 1. The van der Waals surface area contributed by atoms with Crippen LogP contribution in [0.1, 0.15) is 46.6 Å². The summed E-state index contributed by atoms with van der Waals surface area (Å²) in [5.74, 6) is 0.732. The fourth-order valence-corrected chi connectivity index (χ4v) is 2.55. The minimum absolute atomic E-state index is 0.0836. The zero-order chi connectivity index (χ0) is 21.2. The lowest BCUT2D eigenvalue weighted by molar-refractivity contribution is 0.0190. The van der Waals surface area contributed by atoms with Gasteiger partial charge in [-0.3, -0.25) is 4.99 Å². The molecule has 0 unspecified atom stereocenters. The standard InChI is InChI=1S/C20H34ClN5O2/c1-15(2)26(19(27)28-20(3,4)5)13-7-11-23-18(22-6)24-12-10-16-8-9-17(21)25-14-16/h8-9,14-15H,7,10-13H2,1-6H3,(H2,22,23,24). The van der Waals surface area contributed by atoms with Crippen LogP contribution < -0.4 is 10.6 Å². The van der Waals surface area contributed by atoms with Gasteiger partial charge in [-0.1, -0.05) is 17.7 Å². The molecule has 1 rings (SSSR count). The first-order valence-electron chi connectivity index (χ1n) is 9.67. The van der Waals surface area contributed by atoms with Gasteiger partial charge >= 0.3 is 6.09 Å². The third kappa shape index (κ3) is 9.78. The summed E-state index contributed by atoms with van der Waals surface area (Å²) in [6.45, 7) is 11.7. The Balaban J connectivity index is 2.34. The van der Waals surface area contributed by atoms with Crippen LogP contribution in [0.2, 0.25) is 5.15 Å². The molecule has 8 heteroatoms. The summed E-state index contributed by atoms with van der Waals surface area (Å²) >= 11 is 5.79. The fraction of sp³-hybridized carbons (Fsp3) is 0.650. The molecular weight excluding hydrogens is 378 g/mol. The average molecular weight is 412 g/mol. The van der Waals surface area contributed by atoms with Crippen molar-refractivity contribution in [2.45, 2.75) is 59.1 Å². The number of rotatable bonds is 8. The highest BCUT2D eigenvalue weighted by Gasteiger charge is 2.23. The van der Waals surface area contributed by atoms with Gasteiger partial charge in [-0.2, -0.15) is 0 Å². The van der Waals surface area contributed by atoms with Gasteiger partial charge in [0.15, 0.2) is 5.96 Å². The highest BCUT2D eigenvalue weighted by molar-refractivity contribution is 6.29. The Morgan fingerprint density at radius 1 is 1.29 bits per heavy atom. The van der Waals surface area contributed by atoms with E-state index in [0.29, 0.717) is 18.2 Å². The number of carbonyl (C=O) groups excluding carboxylic acids is 1. The molecule has 1 aromatic rings. The van der Waals surface area contributed by atoms with E-state index in [1.165, 1.54) is 0 Å². The Morgan fingerprint density at radius 3 is 2.50 bits per heavy atom. The van der Waals surface area contributed by atoms with Crippen LogP contribution in [-0.2, 0) is 11.2 Å². The van der Waals surface area contributed by atoms with Gasteiger partial charge in [-0.05, 0) is 59.1 Å². The molecule has 1 amide bonds. The molecule has 1 heterocycles. The van der Waals surface area contributed by atoms with Crippen LogP contribution in [0.3, 0.4) is 0 Å². The number of carbonyl (C=O) groups is 1. The Morgan fingerprint density at radius 2 is 1.96 bits per heavy atom. The normalized spacial score (nSPS) is 12.1. The summed E-state index contributed by atoms with van der Waals surface area (Å²) in [5, 5.41) is 7.04. The van der Waals surface area contributed by atoms with Crippen molar-refractivity contribution >= 4 is 23.7 Å². The zero-order valence-electron chi connectivity index (χ0n) is 17.9.